The highest BCUT2D eigenvalue weighted by Gasteiger charge is 1.71. The molecule has 0 aromatic rings. The van der Waals surface area contributed by atoms with Crippen LogP contribution in [-0.4, -0.2) is 62.0 Å². The largest absolute Gasteiger partial charge is 0.535 e. The fourth-order valence-electron chi connectivity index (χ4n) is 0. The van der Waals surface area contributed by atoms with Crippen LogP contribution in [0.5, 0.6) is 0 Å². The Morgan fingerprint density at radius 1 is 0.404 bits per heavy atom. The number of aliphatic hydroxyl groups excluding tert-OH is 1. The van der Waals surface area contributed by atoms with Gasteiger partial charge in [0, 0.05) is 28.4 Å². The lowest BCUT2D eigenvalue weighted by Gasteiger charge is -1.67. The zero-order valence-corrected chi connectivity index (χ0v) is 30.9. The van der Waals surface area contributed by atoms with E-state index in [1.807, 2.05) is 69.2 Å². The van der Waals surface area contributed by atoms with Crippen LogP contribution in [0.4, 0.5) is 12.9 Å². The van der Waals surface area contributed by atoms with Crippen LogP contribution in [0.15, 0.2) is 0 Å². The average molecular weight is 927 g/mol. The van der Waals surface area contributed by atoms with Crippen molar-refractivity contribution in [2.45, 2.75) is 186 Å². The molecule has 0 saturated heterocycles. The molecular weight excluding hydrogens is 812 g/mol. The van der Waals surface area contributed by atoms with Gasteiger partial charge in [0.15, 0.2) is 5.14 Å². The van der Waals surface area contributed by atoms with Gasteiger partial charge in [0.1, 0.15) is 0 Å². The molecule has 328 valence electrons. The minimum atomic E-state index is 0. The molecule has 0 aromatic heterocycles. The van der Waals surface area contributed by atoms with E-state index in [1.165, 1.54) is 27.6 Å². The second-order valence-corrected chi connectivity index (χ2v) is 2.42. The third-order valence-electron chi connectivity index (χ3n) is 0.422. The Morgan fingerprint density at radius 3 is 0.447 bits per heavy atom. The zero-order valence-electron chi connectivity index (χ0n) is 23.7. The summed E-state index contributed by atoms with van der Waals surface area (Å²) in [6.45, 7) is 22.1. The van der Waals surface area contributed by atoms with Gasteiger partial charge in [0.05, 0.1) is 0 Å². The minimum absolute atomic E-state index is 0. The molecule has 4 radical (unpaired) electrons. The molecule has 0 amide bonds. The molecule has 0 bridgehead atoms. The van der Waals surface area contributed by atoms with Gasteiger partial charge in [-0.05, 0) is 0 Å². The van der Waals surface area contributed by atoms with Crippen molar-refractivity contribution in [2.24, 2.45) is 0 Å². The second kappa shape index (κ2) is 1010. The quantitative estimate of drug-likeness (QED) is 0.225. The third-order valence-corrected chi connectivity index (χ3v) is 1.30. The molecule has 0 saturated carbocycles. The lowest BCUT2D eigenvalue weighted by Crippen LogP contribution is -1.77. The Hall–Kier alpha value is 2.37. The molecular formula is C30H114B4F3IO4S5. The molecule has 0 aliphatic heterocycles. The summed E-state index contributed by atoms with van der Waals surface area (Å²) < 4.78 is 42.4. The van der Waals surface area contributed by atoms with Crippen LogP contribution in [0.3, 0.4) is 0 Å². The Balaban J connectivity index is -0.00000000275. The van der Waals surface area contributed by atoms with Gasteiger partial charge in [-0.25, -0.2) is 0 Å². The highest BCUT2D eigenvalue weighted by molar-refractivity contribution is 14.1. The van der Waals surface area contributed by atoms with Crippen LogP contribution in [-0.2, 0) is 14.0 Å². The summed E-state index contributed by atoms with van der Waals surface area (Å²) in [5.74, 6) is 0. The maximum Gasteiger partial charge on any atom is 0.535 e. The van der Waals surface area contributed by atoms with Gasteiger partial charge >= 0.3 is 23.3 Å². The first kappa shape index (κ1) is 278. The molecule has 47 heavy (non-hydrogen) atoms. The highest BCUT2D eigenvalue weighted by Crippen LogP contribution is 1.78. The van der Waals surface area contributed by atoms with E-state index in [0.29, 0.717) is 0 Å². The number of hydrogen-bond acceptors (Lipinski definition) is 4. The molecule has 0 aliphatic rings. The number of hydrogen-bond donors (Lipinski definition) is 1. The summed E-state index contributed by atoms with van der Waals surface area (Å²) in [7, 11) is 5.12. The van der Waals surface area contributed by atoms with Crippen LogP contribution in [0.2, 0.25) is 6.32 Å². The van der Waals surface area contributed by atoms with E-state index in [9.17, 15) is 12.9 Å². The van der Waals surface area contributed by atoms with E-state index in [-0.39, 0.29) is 195 Å². The van der Waals surface area contributed by atoms with Crippen LogP contribution in [0.25, 0.3) is 0 Å². The first-order valence-corrected chi connectivity index (χ1v) is 10.6. The Labute approximate surface area is 362 Å². The maximum atomic E-state index is 10.4. The van der Waals surface area contributed by atoms with Crippen LogP contribution in [0.1, 0.15) is 180 Å². The van der Waals surface area contributed by atoms with Crippen molar-refractivity contribution in [1.82, 2.24) is 0 Å². The molecule has 0 heterocycles. The summed E-state index contributed by atoms with van der Waals surface area (Å²) >= 11 is 2.23. The van der Waals surface area contributed by atoms with Crippen LogP contribution >= 0.6 is 89.9 Å². The number of aliphatic hydroxyl groups is 1. The summed E-state index contributed by atoms with van der Waals surface area (Å²) in [4.78, 5) is 0. The van der Waals surface area contributed by atoms with E-state index in [1.54, 1.807) is 0 Å². The van der Waals surface area contributed by atoms with E-state index >= 15 is 0 Å². The van der Waals surface area contributed by atoms with Gasteiger partial charge < -0.3 is 19.1 Å². The van der Waals surface area contributed by atoms with Gasteiger partial charge in [-0.2, -0.15) is 89.9 Å². The number of halogens is 4. The first-order valence-electron chi connectivity index (χ1n) is 9.37. The maximum absolute atomic E-state index is 10.4. The van der Waals surface area contributed by atoms with Crippen molar-refractivity contribution < 1.29 is 32.0 Å². The molecule has 0 fully saturated rings. The van der Waals surface area contributed by atoms with Crippen molar-refractivity contribution in [3.63, 3.8) is 0 Å². The van der Waals surface area contributed by atoms with Gasteiger partial charge in [-0.1, -0.05) is 186 Å². The standard InChI is InChI=1S/C2H5BI.5C2H6.3CH3BFO.CH4O.14CH4.5H2S/c1-2-3-4;5*1-2;3*1-4-2-3;1-2;;;;;;;;;;;;;;;;;;;/h2H2,1H3;5*1-2H3;3*1H3;2H,1H3;14*1H4;5*1H2. The SMILES string of the molecule is C.C.C.C.C.C.C.C.C.C.C.C.C.C.CC.CC.CC.CC.CC.CC[B]I.CO.CO[B]F.CO[B]F.CO[B]F.S.S.S.S.S. The lowest BCUT2D eigenvalue weighted by molar-refractivity contribution is 0.399. The van der Waals surface area contributed by atoms with Crippen molar-refractivity contribution in [3.8, 4) is 0 Å². The molecule has 4 nitrogen and oxygen atoms in total. The zero-order chi connectivity index (χ0) is 25.7. The molecule has 0 aromatic carbocycles. The number of rotatable bonds is 4. The van der Waals surface area contributed by atoms with Crippen molar-refractivity contribution in [1.29, 1.82) is 0 Å². The average Bonchev–Trinajstić information content (AvgIpc) is 2.86. The van der Waals surface area contributed by atoms with Crippen molar-refractivity contribution in [2.75, 3.05) is 28.4 Å². The molecule has 0 rings (SSSR count). The smallest absolute Gasteiger partial charge is 0.413 e. The van der Waals surface area contributed by atoms with Crippen LogP contribution in [0, 0.1) is 0 Å². The molecule has 0 aliphatic carbocycles. The summed E-state index contributed by atoms with van der Waals surface area (Å²) in [5, 5.41) is 9.09. The molecule has 0 spiro atoms. The molecule has 1 N–H and O–H groups in total. The highest BCUT2D eigenvalue weighted by atomic mass is 127. The van der Waals surface area contributed by atoms with Crippen LogP contribution < -0.4 is 0 Å². The van der Waals surface area contributed by atoms with E-state index in [2.05, 4.69) is 48.4 Å². The third kappa shape index (κ3) is 2560. The molecule has 17 heteroatoms. The van der Waals surface area contributed by atoms with Gasteiger partial charge in [-0.15, -0.1) is 0 Å². The fourth-order valence-corrected chi connectivity index (χ4v) is 0. The fraction of sp³-hybridized carbons (Fsp3) is 1.00. The Bertz CT molecular complexity index is 105. The Morgan fingerprint density at radius 2 is 0.447 bits per heavy atom. The topological polar surface area (TPSA) is 47.9 Å². The summed E-state index contributed by atoms with van der Waals surface area (Å²) in [5.41, 5.74) is 0. The van der Waals surface area contributed by atoms with E-state index in [0.717, 1.165) is 7.11 Å². The van der Waals surface area contributed by atoms with E-state index in [4.69, 9.17) is 5.11 Å². The monoisotopic (exact) mass is 927 g/mol. The molecule has 0 unspecified atom stereocenters. The van der Waals surface area contributed by atoms with Gasteiger partial charge in [-0.3, -0.25) is 12.9 Å². The minimum Gasteiger partial charge on any atom is -0.413 e. The summed E-state index contributed by atoms with van der Waals surface area (Å²) in [6, 6.07) is 0. The van der Waals surface area contributed by atoms with Crippen molar-refractivity contribution in [3.05, 3.63) is 0 Å². The molecule has 0 atom stereocenters. The van der Waals surface area contributed by atoms with Gasteiger partial charge in [0.2, 0.25) is 0 Å². The second-order valence-electron chi connectivity index (χ2n) is 1.54. The van der Waals surface area contributed by atoms with E-state index < -0.39 is 0 Å². The van der Waals surface area contributed by atoms with Gasteiger partial charge in [0.25, 0.3) is 0 Å². The predicted molar refractivity (Wildman–Crippen MR) is 283 cm³/mol. The predicted octanol–water partition coefficient (Wildman–Crippen LogP) is 16.1. The Kier molecular flexibility index (Phi) is 5980. The first-order chi connectivity index (χ1) is 13.7. The summed E-state index contributed by atoms with van der Waals surface area (Å²) in [6.07, 6.45) is 1.18. The lowest BCUT2D eigenvalue weighted by atomic mass is 10.1. The van der Waals surface area contributed by atoms with Crippen molar-refractivity contribution >= 4 is 118 Å². The normalized spacial score (nSPS) is 2.98.